The monoisotopic (exact) mass is 498 g/mol. The van der Waals surface area contributed by atoms with Crippen molar-refractivity contribution in [3.63, 3.8) is 0 Å². The second kappa shape index (κ2) is 10.4. The van der Waals surface area contributed by atoms with Crippen LogP contribution in [0.25, 0.3) is 10.4 Å². The molecule has 0 aliphatic carbocycles. The number of rotatable bonds is 7. The number of carbonyl (C=O) groups is 1. The molecular formula is C28H42N4O2S. The third-order valence-corrected chi connectivity index (χ3v) is 7.45. The van der Waals surface area contributed by atoms with Gasteiger partial charge >= 0.3 is 0 Å². The fraction of sp³-hybridized carbons (Fsp3) is 0.571. The number of amides is 1. The highest BCUT2D eigenvalue weighted by atomic mass is 32.1. The van der Waals surface area contributed by atoms with Crippen molar-refractivity contribution in [3.8, 4) is 10.4 Å². The van der Waals surface area contributed by atoms with Crippen LogP contribution in [0.3, 0.4) is 0 Å². The summed E-state index contributed by atoms with van der Waals surface area (Å²) < 4.78 is 0. The maximum Gasteiger partial charge on any atom is 0.240 e. The topological polar surface area (TPSA) is 77.5 Å². The zero-order chi connectivity index (χ0) is 26.1. The SMILES string of the molecule is C=C(N[C@@H](C)c1ccc(-c2scnc2C)cc1)[C@@H]1C[C@@H](O)CN1C(=O)[C@@H](NC(C)(C)C)C(C)(C)C. The molecule has 1 saturated heterocycles. The highest BCUT2D eigenvalue weighted by Gasteiger charge is 2.43. The van der Waals surface area contributed by atoms with Crippen LogP contribution in [-0.2, 0) is 4.79 Å². The Kier molecular flexibility index (Phi) is 8.14. The number of hydrogen-bond acceptors (Lipinski definition) is 6. The van der Waals surface area contributed by atoms with Crippen LogP contribution >= 0.6 is 11.3 Å². The number of aryl methyl sites for hydroxylation is 1. The minimum Gasteiger partial charge on any atom is -0.391 e. The molecule has 1 amide bonds. The quantitative estimate of drug-likeness (QED) is 0.498. The summed E-state index contributed by atoms with van der Waals surface area (Å²) in [5.74, 6) is 0.00820. The van der Waals surface area contributed by atoms with Gasteiger partial charge in [-0.2, -0.15) is 0 Å². The Balaban J connectivity index is 1.73. The van der Waals surface area contributed by atoms with Gasteiger partial charge in [0.25, 0.3) is 0 Å². The third kappa shape index (κ3) is 6.72. The fourth-order valence-corrected chi connectivity index (χ4v) is 5.41. The van der Waals surface area contributed by atoms with Gasteiger partial charge in [0.15, 0.2) is 0 Å². The number of nitrogens with one attached hydrogen (secondary N) is 2. The molecule has 4 atom stereocenters. The van der Waals surface area contributed by atoms with Crippen molar-refractivity contribution >= 4 is 17.2 Å². The summed E-state index contributed by atoms with van der Waals surface area (Å²) in [7, 11) is 0. The smallest absolute Gasteiger partial charge is 0.240 e. The van der Waals surface area contributed by atoms with Crippen LogP contribution in [0.4, 0.5) is 0 Å². The number of likely N-dealkylation sites (tertiary alicyclic amines) is 1. The van der Waals surface area contributed by atoms with Crippen LogP contribution in [0, 0.1) is 12.3 Å². The van der Waals surface area contributed by atoms with Crippen molar-refractivity contribution in [1.29, 1.82) is 0 Å². The second-order valence-corrected chi connectivity index (χ2v) is 12.7. The van der Waals surface area contributed by atoms with E-state index in [0.717, 1.165) is 22.5 Å². The van der Waals surface area contributed by atoms with Crippen molar-refractivity contribution in [3.05, 3.63) is 53.3 Å². The lowest BCUT2D eigenvalue weighted by molar-refractivity contribution is -0.137. The lowest BCUT2D eigenvalue weighted by atomic mass is 9.84. The van der Waals surface area contributed by atoms with E-state index in [9.17, 15) is 9.90 Å². The van der Waals surface area contributed by atoms with Crippen LogP contribution in [0.1, 0.15) is 72.2 Å². The zero-order valence-corrected chi connectivity index (χ0v) is 23.3. The molecule has 0 spiro atoms. The lowest BCUT2D eigenvalue weighted by Gasteiger charge is -2.40. The van der Waals surface area contributed by atoms with Gasteiger partial charge in [0.05, 0.1) is 34.3 Å². The van der Waals surface area contributed by atoms with E-state index in [1.807, 2.05) is 12.4 Å². The highest BCUT2D eigenvalue weighted by molar-refractivity contribution is 7.13. The molecular weight excluding hydrogens is 456 g/mol. The Morgan fingerprint density at radius 2 is 1.83 bits per heavy atom. The zero-order valence-electron chi connectivity index (χ0n) is 22.5. The summed E-state index contributed by atoms with van der Waals surface area (Å²) in [6.45, 7) is 21.2. The van der Waals surface area contributed by atoms with Gasteiger partial charge in [-0.25, -0.2) is 4.98 Å². The Morgan fingerprint density at radius 1 is 1.20 bits per heavy atom. The second-order valence-electron chi connectivity index (χ2n) is 11.9. The Bertz CT molecular complexity index is 1030. The van der Waals surface area contributed by atoms with Crippen molar-refractivity contribution in [1.82, 2.24) is 20.5 Å². The summed E-state index contributed by atoms with van der Waals surface area (Å²) >= 11 is 1.65. The number of benzene rings is 1. The largest absolute Gasteiger partial charge is 0.391 e. The van der Waals surface area contributed by atoms with Crippen molar-refractivity contribution < 1.29 is 9.90 Å². The molecule has 0 saturated carbocycles. The molecule has 0 unspecified atom stereocenters. The normalized spacial score (nSPS) is 20.5. The molecule has 0 bridgehead atoms. The molecule has 0 radical (unpaired) electrons. The van der Waals surface area contributed by atoms with Crippen molar-refractivity contribution in [2.75, 3.05) is 6.54 Å². The van der Waals surface area contributed by atoms with Gasteiger partial charge < -0.3 is 20.6 Å². The Labute approximate surface area is 214 Å². The maximum absolute atomic E-state index is 13.7. The number of β-amino-alcohol motifs (C(OH)–C–C–N with tert-alkyl or cyclic N) is 1. The summed E-state index contributed by atoms with van der Waals surface area (Å²) in [6.07, 6.45) is -0.0738. The van der Waals surface area contributed by atoms with E-state index in [2.05, 4.69) is 94.9 Å². The van der Waals surface area contributed by atoms with Gasteiger partial charge in [-0.15, -0.1) is 11.3 Å². The van der Waals surface area contributed by atoms with E-state index < -0.39 is 6.10 Å². The Morgan fingerprint density at radius 3 is 2.34 bits per heavy atom. The van der Waals surface area contributed by atoms with Crippen molar-refractivity contribution in [2.45, 2.75) is 91.6 Å². The van der Waals surface area contributed by atoms with E-state index >= 15 is 0 Å². The van der Waals surface area contributed by atoms with Crippen molar-refractivity contribution in [2.24, 2.45) is 5.41 Å². The number of aliphatic hydroxyl groups excluding tert-OH is 1. The van der Waals surface area contributed by atoms with E-state index in [-0.39, 0.29) is 35.0 Å². The molecule has 3 rings (SSSR count). The number of hydrogen-bond donors (Lipinski definition) is 3. The third-order valence-electron chi connectivity index (χ3n) is 6.47. The van der Waals surface area contributed by atoms with Crippen LogP contribution in [0.2, 0.25) is 0 Å². The molecule has 2 aromatic rings. The highest BCUT2D eigenvalue weighted by Crippen LogP contribution is 2.31. The van der Waals surface area contributed by atoms with E-state index in [4.69, 9.17) is 0 Å². The average Bonchev–Trinajstić information content (AvgIpc) is 3.35. The summed E-state index contributed by atoms with van der Waals surface area (Å²) in [5.41, 5.74) is 5.48. The number of thiazole rings is 1. The van der Waals surface area contributed by atoms with Crippen LogP contribution in [0.15, 0.2) is 42.1 Å². The first-order valence-corrected chi connectivity index (χ1v) is 13.3. The number of aliphatic hydroxyl groups is 1. The van der Waals surface area contributed by atoms with Crippen LogP contribution < -0.4 is 10.6 Å². The summed E-state index contributed by atoms with van der Waals surface area (Å²) in [6, 6.07) is 7.87. The first-order chi connectivity index (χ1) is 16.2. The minimum absolute atomic E-state index is 0.00820. The minimum atomic E-state index is -0.560. The lowest BCUT2D eigenvalue weighted by Crippen LogP contribution is -2.59. The standard InChI is InChI=1S/C28H42N4O2S/c1-17(20-10-12-21(13-11-20)24-19(3)29-16-35-24)30-18(2)23-14-22(33)15-32(23)26(34)25(27(4,5)6)31-28(7,8)9/h10-13,16-17,22-23,25,30-31,33H,2,14-15H2,1,3-9H3/t17-,22+,23-,25+/m0/s1. The molecule has 2 heterocycles. The predicted molar refractivity (Wildman–Crippen MR) is 145 cm³/mol. The molecule has 192 valence electrons. The maximum atomic E-state index is 13.7. The molecule has 6 nitrogen and oxygen atoms in total. The van der Waals surface area contributed by atoms with Gasteiger partial charge in [0.2, 0.25) is 5.91 Å². The van der Waals surface area contributed by atoms with E-state index in [1.54, 1.807) is 16.2 Å². The molecule has 1 fully saturated rings. The average molecular weight is 499 g/mol. The number of aromatic nitrogens is 1. The van der Waals surface area contributed by atoms with Gasteiger partial charge in [0.1, 0.15) is 0 Å². The number of nitrogens with zero attached hydrogens (tertiary/aromatic N) is 2. The van der Waals surface area contributed by atoms with Crippen LogP contribution in [0.5, 0.6) is 0 Å². The van der Waals surface area contributed by atoms with Gasteiger partial charge in [0, 0.05) is 30.2 Å². The first-order valence-electron chi connectivity index (χ1n) is 12.4. The van der Waals surface area contributed by atoms with Gasteiger partial charge in [-0.1, -0.05) is 51.6 Å². The molecule has 3 N–H and O–H groups in total. The summed E-state index contributed by atoms with van der Waals surface area (Å²) in [4.78, 5) is 21.1. The van der Waals surface area contributed by atoms with E-state index in [0.29, 0.717) is 13.0 Å². The Hall–Kier alpha value is -2.22. The van der Waals surface area contributed by atoms with Gasteiger partial charge in [-0.3, -0.25) is 4.79 Å². The fourth-order valence-electron chi connectivity index (χ4n) is 4.59. The molecule has 1 aromatic heterocycles. The number of carbonyl (C=O) groups excluding carboxylic acids is 1. The predicted octanol–water partition coefficient (Wildman–Crippen LogP) is 5.05. The molecule has 1 aromatic carbocycles. The van der Waals surface area contributed by atoms with Gasteiger partial charge in [-0.05, 0) is 51.2 Å². The molecule has 35 heavy (non-hydrogen) atoms. The first kappa shape index (κ1) is 27.4. The summed E-state index contributed by atoms with van der Waals surface area (Å²) in [5, 5.41) is 17.5. The molecule has 7 heteroatoms. The molecule has 1 aliphatic heterocycles. The molecule has 1 aliphatic rings. The van der Waals surface area contributed by atoms with Crippen LogP contribution in [-0.4, -0.2) is 51.2 Å². The van der Waals surface area contributed by atoms with E-state index in [1.165, 1.54) is 4.88 Å².